The quantitative estimate of drug-likeness (QED) is 0.755. The third kappa shape index (κ3) is 3.20. The number of nitrogens with one attached hydrogen (secondary N) is 2. The van der Waals surface area contributed by atoms with Gasteiger partial charge in [-0.3, -0.25) is 0 Å². The maximum atomic E-state index is 3.90. The molecule has 1 aromatic rings. The van der Waals surface area contributed by atoms with E-state index in [0.29, 0.717) is 0 Å². The Bertz CT molecular complexity index is 414. The number of thiophene rings is 1. The number of hydrogen-bond acceptors (Lipinski definition) is 3. The molecule has 2 nitrogen and oxygen atoms in total. The van der Waals surface area contributed by atoms with Crippen molar-refractivity contribution in [2.24, 2.45) is 23.7 Å². The summed E-state index contributed by atoms with van der Waals surface area (Å²) in [7, 11) is 0. The maximum Gasteiger partial charge on any atom is 0.0124 e. The molecule has 3 heteroatoms. The van der Waals surface area contributed by atoms with Gasteiger partial charge >= 0.3 is 0 Å². The Balaban J connectivity index is 1.15. The van der Waals surface area contributed by atoms with E-state index in [9.17, 15) is 0 Å². The standard InChI is InChI=1S/C18H28N2S/c1-2-17(21-7-1)3-4-19-5-6-20-18-15-9-13-8-14(11-15)12-16(18)10-13/h1-2,7,13-16,18-20H,3-6,8-12H2. The molecule has 0 aromatic carbocycles. The highest BCUT2D eigenvalue weighted by molar-refractivity contribution is 7.09. The molecular formula is C18H28N2S. The Morgan fingerprint density at radius 1 is 0.952 bits per heavy atom. The average molecular weight is 305 g/mol. The summed E-state index contributed by atoms with van der Waals surface area (Å²) >= 11 is 1.87. The lowest BCUT2D eigenvalue weighted by atomic mass is 9.54. The number of hydrogen-bond donors (Lipinski definition) is 2. The summed E-state index contributed by atoms with van der Waals surface area (Å²) in [5, 5.41) is 9.66. The van der Waals surface area contributed by atoms with E-state index < -0.39 is 0 Å². The van der Waals surface area contributed by atoms with Crippen LogP contribution in [0.4, 0.5) is 0 Å². The molecule has 1 heterocycles. The van der Waals surface area contributed by atoms with Gasteiger partial charge in [-0.15, -0.1) is 11.3 Å². The summed E-state index contributed by atoms with van der Waals surface area (Å²) in [6, 6.07) is 5.23. The van der Waals surface area contributed by atoms with E-state index in [4.69, 9.17) is 0 Å². The van der Waals surface area contributed by atoms with Crippen molar-refractivity contribution in [3.8, 4) is 0 Å². The highest BCUT2D eigenvalue weighted by atomic mass is 32.1. The van der Waals surface area contributed by atoms with Crippen molar-refractivity contribution >= 4 is 11.3 Å². The molecule has 0 amide bonds. The molecule has 4 saturated carbocycles. The zero-order chi connectivity index (χ0) is 14.1. The van der Waals surface area contributed by atoms with Crippen LogP contribution in [0.5, 0.6) is 0 Å². The molecule has 0 saturated heterocycles. The van der Waals surface area contributed by atoms with E-state index in [1.807, 2.05) is 11.3 Å². The van der Waals surface area contributed by atoms with Gasteiger partial charge in [0.2, 0.25) is 0 Å². The summed E-state index contributed by atoms with van der Waals surface area (Å²) < 4.78 is 0. The summed E-state index contributed by atoms with van der Waals surface area (Å²) in [6.45, 7) is 3.38. The van der Waals surface area contributed by atoms with Crippen molar-refractivity contribution in [3.63, 3.8) is 0 Å². The van der Waals surface area contributed by atoms with Crippen molar-refractivity contribution in [2.75, 3.05) is 19.6 Å². The molecule has 0 unspecified atom stereocenters. The third-order valence-electron chi connectivity index (χ3n) is 6.04. The normalized spacial score (nSPS) is 37.2. The fourth-order valence-electron chi connectivity index (χ4n) is 5.38. The fraction of sp³-hybridized carbons (Fsp3) is 0.778. The maximum absolute atomic E-state index is 3.90. The van der Waals surface area contributed by atoms with Crippen molar-refractivity contribution in [2.45, 2.75) is 44.6 Å². The van der Waals surface area contributed by atoms with E-state index in [-0.39, 0.29) is 0 Å². The molecule has 5 rings (SSSR count). The molecule has 0 aliphatic heterocycles. The van der Waals surface area contributed by atoms with Gasteiger partial charge in [0.05, 0.1) is 0 Å². The molecule has 4 bridgehead atoms. The Morgan fingerprint density at radius 3 is 2.38 bits per heavy atom. The molecule has 2 N–H and O–H groups in total. The summed E-state index contributed by atoms with van der Waals surface area (Å²) in [4.78, 5) is 1.50. The molecule has 1 aromatic heterocycles. The van der Waals surface area contributed by atoms with Crippen molar-refractivity contribution < 1.29 is 0 Å². The van der Waals surface area contributed by atoms with E-state index in [0.717, 1.165) is 49.3 Å². The summed E-state index contributed by atoms with van der Waals surface area (Å²) in [5.41, 5.74) is 0. The van der Waals surface area contributed by atoms with Crippen LogP contribution in [-0.4, -0.2) is 25.7 Å². The molecule has 0 spiro atoms. The van der Waals surface area contributed by atoms with Crippen molar-refractivity contribution in [1.29, 1.82) is 0 Å². The molecule has 4 aliphatic rings. The summed E-state index contributed by atoms with van der Waals surface area (Å²) in [6.07, 6.45) is 8.83. The Labute approximate surface area is 132 Å². The van der Waals surface area contributed by atoms with E-state index >= 15 is 0 Å². The van der Waals surface area contributed by atoms with E-state index in [1.54, 1.807) is 6.42 Å². The fourth-order valence-corrected chi connectivity index (χ4v) is 6.09. The molecule has 0 atom stereocenters. The van der Waals surface area contributed by atoms with Crippen LogP contribution in [0.2, 0.25) is 0 Å². The van der Waals surface area contributed by atoms with Gasteiger partial charge in [-0.25, -0.2) is 0 Å². The van der Waals surface area contributed by atoms with Crippen LogP contribution < -0.4 is 10.6 Å². The second-order valence-corrected chi connectivity index (χ2v) is 8.52. The van der Waals surface area contributed by atoms with Crippen LogP contribution in [0.3, 0.4) is 0 Å². The van der Waals surface area contributed by atoms with Crippen LogP contribution in [0.1, 0.15) is 37.0 Å². The number of rotatable bonds is 7. The first-order chi connectivity index (χ1) is 10.4. The lowest BCUT2D eigenvalue weighted by Crippen LogP contribution is -2.55. The zero-order valence-electron chi connectivity index (χ0n) is 12.9. The lowest BCUT2D eigenvalue weighted by molar-refractivity contribution is -0.0133. The lowest BCUT2D eigenvalue weighted by Gasteiger charge is -2.54. The van der Waals surface area contributed by atoms with E-state index in [1.165, 1.54) is 37.0 Å². The Morgan fingerprint density at radius 2 is 1.71 bits per heavy atom. The third-order valence-corrected chi connectivity index (χ3v) is 6.97. The topological polar surface area (TPSA) is 24.1 Å². The SMILES string of the molecule is c1csc(CCNCCNC2C3CC4CC(C3)CC2C4)c1. The van der Waals surface area contributed by atoms with E-state index in [2.05, 4.69) is 28.1 Å². The second kappa shape index (κ2) is 6.39. The molecule has 4 aliphatic carbocycles. The van der Waals surface area contributed by atoms with Crippen molar-refractivity contribution in [1.82, 2.24) is 10.6 Å². The molecular weight excluding hydrogens is 276 g/mol. The minimum absolute atomic E-state index is 0.844. The molecule has 116 valence electrons. The minimum Gasteiger partial charge on any atom is -0.315 e. The van der Waals surface area contributed by atoms with Gasteiger partial charge in [0.15, 0.2) is 0 Å². The van der Waals surface area contributed by atoms with Crippen LogP contribution in [0.15, 0.2) is 17.5 Å². The zero-order valence-corrected chi connectivity index (χ0v) is 13.7. The second-order valence-electron chi connectivity index (χ2n) is 7.49. The van der Waals surface area contributed by atoms with Gasteiger partial charge in [0.1, 0.15) is 0 Å². The predicted octanol–water partition coefficient (Wildman–Crippen LogP) is 3.29. The average Bonchev–Trinajstić information content (AvgIpc) is 2.97. The van der Waals surface area contributed by atoms with Crippen molar-refractivity contribution in [3.05, 3.63) is 22.4 Å². The van der Waals surface area contributed by atoms with Crippen LogP contribution in [0.25, 0.3) is 0 Å². The van der Waals surface area contributed by atoms with Gasteiger partial charge in [0.25, 0.3) is 0 Å². The Kier molecular flexibility index (Phi) is 4.33. The van der Waals surface area contributed by atoms with Gasteiger partial charge in [-0.1, -0.05) is 6.07 Å². The van der Waals surface area contributed by atoms with Crippen LogP contribution in [0, 0.1) is 23.7 Å². The monoisotopic (exact) mass is 304 g/mol. The molecule has 21 heavy (non-hydrogen) atoms. The Hall–Kier alpha value is -0.380. The first-order valence-electron chi connectivity index (χ1n) is 8.85. The van der Waals surface area contributed by atoms with Gasteiger partial charge in [-0.05, 0) is 73.6 Å². The van der Waals surface area contributed by atoms with Crippen LogP contribution >= 0.6 is 11.3 Å². The summed E-state index contributed by atoms with van der Waals surface area (Å²) in [5.74, 6) is 4.20. The van der Waals surface area contributed by atoms with Gasteiger partial charge in [-0.2, -0.15) is 0 Å². The smallest absolute Gasteiger partial charge is 0.0124 e. The minimum atomic E-state index is 0.844. The van der Waals surface area contributed by atoms with Gasteiger partial charge in [0, 0.05) is 30.6 Å². The first kappa shape index (κ1) is 14.2. The first-order valence-corrected chi connectivity index (χ1v) is 9.73. The van der Waals surface area contributed by atoms with Crippen LogP contribution in [-0.2, 0) is 6.42 Å². The molecule has 0 radical (unpaired) electrons. The highest BCUT2D eigenvalue weighted by Crippen LogP contribution is 2.53. The largest absolute Gasteiger partial charge is 0.315 e. The predicted molar refractivity (Wildman–Crippen MR) is 89.7 cm³/mol. The van der Waals surface area contributed by atoms with Gasteiger partial charge < -0.3 is 10.6 Å². The molecule has 4 fully saturated rings. The highest BCUT2D eigenvalue weighted by Gasteiger charge is 2.47.